The van der Waals surface area contributed by atoms with Crippen LogP contribution in [0.2, 0.25) is 0 Å². The number of rotatable bonds is 4. The highest BCUT2D eigenvalue weighted by Gasteiger charge is 2.42. The van der Waals surface area contributed by atoms with E-state index in [2.05, 4.69) is 18.8 Å². The molecule has 1 aliphatic carbocycles. The van der Waals surface area contributed by atoms with Crippen LogP contribution in [0.5, 0.6) is 0 Å². The molecule has 2 heterocycles. The van der Waals surface area contributed by atoms with Gasteiger partial charge in [-0.3, -0.25) is 9.59 Å². The lowest BCUT2D eigenvalue weighted by atomic mass is 9.84. The van der Waals surface area contributed by atoms with Crippen LogP contribution in [0.25, 0.3) is 0 Å². The van der Waals surface area contributed by atoms with Gasteiger partial charge in [0.05, 0.1) is 12.6 Å². The Bertz CT molecular complexity index is 530. The maximum atomic E-state index is 12.5. The summed E-state index contributed by atoms with van der Waals surface area (Å²) in [7, 11) is 0. The van der Waals surface area contributed by atoms with Gasteiger partial charge < -0.3 is 20.2 Å². The minimum atomic E-state index is -0.497. The second kappa shape index (κ2) is 7.64. The summed E-state index contributed by atoms with van der Waals surface area (Å²) < 4.78 is 0. The molecule has 140 valence electrons. The number of alkyl halides is 1. The molecule has 7 heteroatoms. The fraction of sp³-hybridized carbons (Fsp3) is 0.778. The third-order valence-electron chi connectivity index (χ3n) is 6.02. The first kappa shape index (κ1) is 18.7. The van der Waals surface area contributed by atoms with E-state index < -0.39 is 6.10 Å². The first-order valence-electron chi connectivity index (χ1n) is 9.13. The highest BCUT2D eigenvalue weighted by molar-refractivity contribution is 6.20. The zero-order valence-electron chi connectivity index (χ0n) is 14.7. The second-order valence-electron chi connectivity index (χ2n) is 7.79. The molecule has 2 aliphatic heterocycles. The van der Waals surface area contributed by atoms with Gasteiger partial charge in [-0.1, -0.05) is 13.5 Å². The third-order valence-corrected chi connectivity index (χ3v) is 6.62. The van der Waals surface area contributed by atoms with Crippen molar-refractivity contribution in [1.29, 1.82) is 0 Å². The summed E-state index contributed by atoms with van der Waals surface area (Å²) in [5.74, 6) is 1.11. The van der Waals surface area contributed by atoms with Gasteiger partial charge in [0.1, 0.15) is 0 Å². The number of hydrogen-bond donors (Lipinski definition) is 2. The first-order chi connectivity index (χ1) is 11.9. The summed E-state index contributed by atoms with van der Waals surface area (Å²) in [5, 5.41) is 13.4. The van der Waals surface area contributed by atoms with E-state index in [-0.39, 0.29) is 29.8 Å². The van der Waals surface area contributed by atoms with Gasteiger partial charge >= 0.3 is 0 Å². The quantitative estimate of drug-likeness (QED) is 0.557. The molecule has 0 aromatic rings. The van der Waals surface area contributed by atoms with Crippen LogP contribution in [-0.2, 0) is 9.59 Å². The molecule has 6 nitrogen and oxygen atoms in total. The smallest absolute Gasteiger partial charge is 0.245 e. The van der Waals surface area contributed by atoms with E-state index in [9.17, 15) is 14.7 Å². The van der Waals surface area contributed by atoms with Crippen molar-refractivity contribution in [2.45, 2.75) is 37.3 Å². The van der Waals surface area contributed by atoms with E-state index >= 15 is 0 Å². The molecule has 6 atom stereocenters. The number of hydrogen-bond acceptors (Lipinski definition) is 4. The van der Waals surface area contributed by atoms with Crippen LogP contribution in [-0.4, -0.2) is 77.0 Å². The highest BCUT2D eigenvalue weighted by atomic mass is 35.5. The van der Waals surface area contributed by atoms with Crippen LogP contribution in [0.15, 0.2) is 12.7 Å². The lowest BCUT2D eigenvalue weighted by Crippen LogP contribution is -2.50. The van der Waals surface area contributed by atoms with Crippen LogP contribution < -0.4 is 5.32 Å². The maximum Gasteiger partial charge on any atom is 0.245 e. The van der Waals surface area contributed by atoms with Crippen molar-refractivity contribution in [2.24, 2.45) is 17.8 Å². The van der Waals surface area contributed by atoms with E-state index in [0.29, 0.717) is 50.4 Å². The number of carbonyl (C=O) groups is 2. The minimum absolute atomic E-state index is 0.00271. The number of aliphatic hydroxyl groups is 1. The fourth-order valence-electron chi connectivity index (χ4n) is 4.39. The molecule has 2 amide bonds. The molecule has 0 aromatic carbocycles. The van der Waals surface area contributed by atoms with Gasteiger partial charge in [-0.2, -0.15) is 0 Å². The Labute approximate surface area is 154 Å². The lowest BCUT2D eigenvalue weighted by Gasteiger charge is -2.35. The Morgan fingerprint density at radius 1 is 1.20 bits per heavy atom. The number of carbonyl (C=O) groups excluding carboxylic acids is 2. The second-order valence-corrected chi connectivity index (χ2v) is 8.35. The van der Waals surface area contributed by atoms with Crippen LogP contribution in [0, 0.1) is 17.8 Å². The molecule has 0 bridgehead atoms. The van der Waals surface area contributed by atoms with Gasteiger partial charge in [0, 0.05) is 49.4 Å². The van der Waals surface area contributed by atoms with Crippen LogP contribution in [0.4, 0.5) is 0 Å². The summed E-state index contributed by atoms with van der Waals surface area (Å²) >= 11 is 6.20. The summed E-state index contributed by atoms with van der Waals surface area (Å²) in [6, 6.07) is -0.0724. The predicted octanol–water partition coefficient (Wildman–Crippen LogP) is 0.446. The van der Waals surface area contributed by atoms with E-state index in [1.807, 2.05) is 9.80 Å². The molecule has 3 fully saturated rings. The van der Waals surface area contributed by atoms with Gasteiger partial charge in [-0.05, 0) is 24.8 Å². The summed E-state index contributed by atoms with van der Waals surface area (Å²) in [4.78, 5) is 27.9. The zero-order valence-corrected chi connectivity index (χ0v) is 15.5. The van der Waals surface area contributed by atoms with Crippen molar-refractivity contribution in [3.8, 4) is 0 Å². The van der Waals surface area contributed by atoms with Crippen molar-refractivity contribution in [2.75, 3.05) is 32.7 Å². The number of fused-ring (bicyclic) bond motifs is 1. The standard InChI is InChI=1S/C18H28ClN3O3/c1-3-17(24)21-7-12-9-22(10-13(12)8-21)18(25)6-20-15-4-11(2)14(19)5-16(15)23/h3,11-16,20,23H,1,4-10H2,2H3. The molecule has 6 unspecified atom stereocenters. The number of nitrogens with one attached hydrogen (secondary N) is 1. The zero-order chi connectivity index (χ0) is 18.1. The van der Waals surface area contributed by atoms with Gasteiger partial charge in [-0.15, -0.1) is 11.6 Å². The Balaban J connectivity index is 1.45. The summed E-state index contributed by atoms with van der Waals surface area (Å²) in [6.45, 7) is 8.70. The van der Waals surface area contributed by atoms with Gasteiger partial charge in [0.25, 0.3) is 0 Å². The van der Waals surface area contributed by atoms with E-state index in [4.69, 9.17) is 11.6 Å². The van der Waals surface area contributed by atoms with Crippen molar-refractivity contribution >= 4 is 23.4 Å². The topological polar surface area (TPSA) is 72.9 Å². The molecule has 25 heavy (non-hydrogen) atoms. The molecule has 1 saturated carbocycles. The predicted molar refractivity (Wildman–Crippen MR) is 96.2 cm³/mol. The summed E-state index contributed by atoms with van der Waals surface area (Å²) in [5.41, 5.74) is 0. The van der Waals surface area contributed by atoms with E-state index in [1.165, 1.54) is 6.08 Å². The molecule has 2 N–H and O–H groups in total. The molecular weight excluding hydrogens is 342 g/mol. The van der Waals surface area contributed by atoms with Gasteiger partial charge in [0.2, 0.25) is 11.8 Å². The summed E-state index contributed by atoms with van der Waals surface area (Å²) in [6.07, 6.45) is 2.21. The van der Waals surface area contributed by atoms with Crippen LogP contribution in [0.3, 0.4) is 0 Å². The number of halogens is 1. The molecule has 2 saturated heterocycles. The van der Waals surface area contributed by atoms with Crippen molar-refractivity contribution in [3.63, 3.8) is 0 Å². The number of amides is 2. The van der Waals surface area contributed by atoms with Crippen molar-refractivity contribution in [1.82, 2.24) is 15.1 Å². The largest absolute Gasteiger partial charge is 0.391 e. The van der Waals surface area contributed by atoms with Crippen LogP contribution in [0.1, 0.15) is 19.8 Å². The third kappa shape index (κ3) is 4.01. The average molecular weight is 370 g/mol. The molecule has 0 spiro atoms. The molecule has 3 aliphatic rings. The fourth-order valence-corrected chi connectivity index (χ4v) is 4.67. The normalized spacial score (nSPS) is 37.9. The lowest BCUT2D eigenvalue weighted by molar-refractivity contribution is -0.130. The monoisotopic (exact) mass is 369 g/mol. The van der Waals surface area contributed by atoms with E-state index in [1.54, 1.807) is 0 Å². The van der Waals surface area contributed by atoms with Crippen molar-refractivity contribution in [3.05, 3.63) is 12.7 Å². The average Bonchev–Trinajstić information content (AvgIpc) is 3.14. The Morgan fingerprint density at radius 3 is 2.40 bits per heavy atom. The molecule has 0 aromatic heterocycles. The first-order valence-corrected chi connectivity index (χ1v) is 9.57. The molecule has 3 rings (SSSR count). The van der Waals surface area contributed by atoms with Gasteiger partial charge in [-0.25, -0.2) is 0 Å². The minimum Gasteiger partial charge on any atom is -0.391 e. The van der Waals surface area contributed by atoms with Crippen LogP contribution >= 0.6 is 11.6 Å². The maximum absolute atomic E-state index is 12.5. The molecule has 0 radical (unpaired) electrons. The Morgan fingerprint density at radius 2 is 1.80 bits per heavy atom. The van der Waals surface area contributed by atoms with Crippen molar-refractivity contribution < 1.29 is 14.7 Å². The Hall–Kier alpha value is -1.11. The Kier molecular flexibility index (Phi) is 5.71. The molecular formula is C18H28ClN3O3. The number of aliphatic hydroxyl groups excluding tert-OH is 1. The highest BCUT2D eigenvalue weighted by Crippen LogP contribution is 2.31. The number of nitrogens with zero attached hydrogens (tertiary/aromatic N) is 2. The van der Waals surface area contributed by atoms with Gasteiger partial charge in [0.15, 0.2) is 0 Å². The number of likely N-dealkylation sites (tertiary alicyclic amines) is 2. The SMILES string of the molecule is C=CC(=O)N1CC2CN(C(=O)CNC3CC(C)C(Cl)CC3O)CC2C1. The van der Waals surface area contributed by atoms with E-state index in [0.717, 1.165) is 6.42 Å².